The van der Waals surface area contributed by atoms with Gasteiger partial charge in [0.1, 0.15) is 6.20 Å². The molecular formula is C20H20NO5+. The number of carbonyl (C=O) groups excluding carboxylic acids is 1. The summed E-state index contributed by atoms with van der Waals surface area (Å²) in [5, 5.41) is 12.5. The highest BCUT2D eigenvalue weighted by atomic mass is 16.5. The van der Waals surface area contributed by atoms with Crippen LogP contribution in [-0.4, -0.2) is 38.8 Å². The smallest absolute Gasteiger partial charge is 0.220 e. The lowest BCUT2D eigenvalue weighted by atomic mass is 9.88. The van der Waals surface area contributed by atoms with Crippen LogP contribution in [0.4, 0.5) is 0 Å². The van der Waals surface area contributed by atoms with E-state index in [1.54, 1.807) is 32.4 Å². The number of quaternary nitrogens is 1. The molecule has 134 valence electrons. The molecule has 2 N–H and O–H groups in total. The number of nitrogens with one attached hydrogen (secondary N) is 1. The molecule has 0 spiro atoms. The summed E-state index contributed by atoms with van der Waals surface area (Å²) in [4.78, 5) is 13.1. The van der Waals surface area contributed by atoms with Gasteiger partial charge in [-0.2, -0.15) is 0 Å². The maximum absolute atomic E-state index is 12.1. The number of rotatable bonds is 3. The third-order valence-corrected chi connectivity index (χ3v) is 5.04. The lowest BCUT2D eigenvalue weighted by molar-refractivity contribution is -0.773. The molecule has 26 heavy (non-hydrogen) atoms. The Morgan fingerprint density at radius 3 is 2.58 bits per heavy atom. The highest BCUT2D eigenvalue weighted by molar-refractivity contribution is 6.05. The lowest BCUT2D eigenvalue weighted by Gasteiger charge is -2.29. The highest BCUT2D eigenvalue weighted by Gasteiger charge is 2.35. The van der Waals surface area contributed by atoms with E-state index in [1.165, 1.54) is 7.11 Å². The van der Waals surface area contributed by atoms with E-state index in [4.69, 9.17) is 14.2 Å². The summed E-state index contributed by atoms with van der Waals surface area (Å²) in [7, 11) is 4.65. The number of hydrogen-bond acceptors (Lipinski definition) is 5. The zero-order valence-corrected chi connectivity index (χ0v) is 14.9. The second-order valence-electron chi connectivity index (χ2n) is 6.32. The van der Waals surface area contributed by atoms with E-state index in [2.05, 4.69) is 0 Å². The number of benzene rings is 1. The molecule has 0 fully saturated rings. The standard InChI is InChI=1S/C20H19NO5/c1-24-16-5-4-12-14(20(16)26-3)10-21-7-6-11-8-15(22)17(25-2)9-13(11)18(21)19(12)23/h4-5,8-10,23H,6-7H2,1-3H3/p+1. The van der Waals surface area contributed by atoms with Crippen molar-refractivity contribution < 1.29 is 29.0 Å². The van der Waals surface area contributed by atoms with Crippen LogP contribution in [0.5, 0.6) is 11.5 Å². The van der Waals surface area contributed by atoms with Crippen molar-refractivity contribution in [1.82, 2.24) is 0 Å². The van der Waals surface area contributed by atoms with Crippen LogP contribution >= 0.6 is 0 Å². The van der Waals surface area contributed by atoms with Gasteiger partial charge < -0.3 is 19.3 Å². The van der Waals surface area contributed by atoms with Crippen LogP contribution in [0, 0.1) is 0 Å². The van der Waals surface area contributed by atoms with Gasteiger partial charge in [-0.1, -0.05) is 0 Å². The molecule has 3 aliphatic rings. The molecule has 6 nitrogen and oxygen atoms in total. The molecule has 6 heteroatoms. The number of allylic oxidation sites excluding steroid dienone is 3. The van der Waals surface area contributed by atoms with E-state index in [0.29, 0.717) is 16.7 Å². The van der Waals surface area contributed by atoms with Gasteiger partial charge in [-0.05, 0) is 29.9 Å². The summed E-state index contributed by atoms with van der Waals surface area (Å²) in [5.41, 5.74) is 2.53. The Bertz CT molecular complexity index is 1030. The summed E-state index contributed by atoms with van der Waals surface area (Å²) in [6.45, 7) is 0.734. The highest BCUT2D eigenvalue weighted by Crippen LogP contribution is 2.30. The van der Waals surface area contributed by atoms with Crippen molar-refractivity contribution in [3.63, 3.8) is 0 Å². The maximum Gasteiger partial charge on any atom is 0.220 e. The Hall–Kier alpha value is -2.99. The van der Waals surface area contributed by atoms with E-state index in [0.717, 1.165) is 39.9 Å². The first-order valence-corrected chi connectivity index (χ1v) is 8.36. The van der Waals surface area contributed by atoms with Crippen LogP contribution in [0.1, 0.15) is 6.42 Å². The molecule has 0 saturated carbocycles. The van der Waals surface area contributed by atoms with Crippen LogP contribution in [-0.2, 0) is 9.53 Å². The van der Waals surface area contributed by atoms with Gasteiger partial charge in [0.2, 0.25) is 5.78 Å². The van der Waals surface area contributed by atoms with Gasteiger partial charge >= 0.3 is 0 Å². The molecule has 1 unspecified atom stereocenters. The minimum atomic E-state index is -0.138. The van der Waals surface area contributed by atoms with E-state index in [1.807, 2.05) is 12.3 Å². The lowest BCUT2D eigenvalue weighted by Crippen LogP contribution is -3.07. The second-order valence-corrected chi connectivity index (χ2v) is 6.32. The van der Waals surface area contributed by atoms with E-state index >= 15 is 0 Å². The molecule has 1 aliphatic carbocycles. The maximum atomic E-state index is 12.1. The number of aliphatic hydroxyl groups excluding tert-OH is 1. The summed E-state index contributed by atoms with van der Waals surface area (Å²) >= 11 is 0. The van der Waals surface area contributed by atoms with Crippen molar-refractivity contribution >= 4 is 17.7 Å². The van der Waals surface area contributed by atoms with E-state index < -0.39 is 0 Å². The molecule has 2 aliphatic heterocycles. The Labute approximate surface area is 150 Å². The first kappa shape index (κ1) is 16.5. The van der Waals surface area contributed by atoms with Crippen molar-refractivity contribution in [2.24, 2.45) is 0 Å². The van der Waals surface area contributed by atoms with Crippen LogP contribution in [0.25, 0.3) is 12.0 Å². The molecular weight excluding hydrogens is 334 g/mol. The SMILES string of the molecule is COC1=CC2=C3C(O)=c4ccc(OC)c(OC)c4=C[NH+]3CCC2=CC1=O. The first-order valence-electron chi connectivity index (χ1n) is 8.36. The predicted molar refractivity (Wildman–Crippen MR) is 95.0 cm³/mol. The van der Waals surface area contributed by atoms with Gasteiger partial charge in [0.25, 0.3) is 0 Å². The van der Waals surface area contributed by atoms with Gasteiger partial charge in [0.05, 0.1) is 33.1 Å². The van der Waals surface area contributed by atoms with Crippen molar-refractivity contribution in [1.29, 1.82) is 0 Å². The number of hydrogen-bond donors (Lipinski definition) is 2. The number of ether oxygens (including phenoxy) is 3. The first-order chi connectivity index (χ1) is 12.6. The minimum Gasteiger partial charge on any atom is -0.502 e. The molecule has 0 radical (unpaired) electrons. The van der Waals surface area contributed by atoms with Gasteiger partial charge in [-0.15, -0.1) is 0 Å². The Morgan fingerprint density at radius 2 is 1.88 bits per heavy atom. The van der Waals surface area contributed by atoms with Crippen molar-refractivity contribution in [3.05, 3.63) is 57.3 Å². The molecule has 0 saturated heterocycles. The Morgan fingerprint density at radius 1 is 1.08 bits per heavy atom. The molecule has 0 aromatic heterocycles. The van der Waals surface area contributed by atoms with E-state index in [9.17, 15) is 9.90 Å². The van der Waals surface area contributed by atoms with Gasteiger partial charge in [-0.25, -0.2) is 0 Å². The number of ketones is 1. The molecule has 1 aromatic rings. The number of methoxy groups -OCH3 is 3. The summed E-state index contributed by atoms with van der Waals surface area (Å²) in [6, 6.07) is 3.60. The summed E-state index contributed by atoms with van der Waals surface area (Å²) in [5.74, 6) is 1.54. The van der Waals surface area contributed by atoms with Crippen molar-refractivity contribution in [2.75, 3.05) is 27.9 Å². The largest absolute Gasteiger partial charge is 0.502 e. The summed E-state index contributed by atoms with van der Waals surface area (Å²) in [6.07, 6.45) is 6.10. The summed E-state index contributed by atoms with van der Waals surface area (Å²) < 4.78 is 16.1. The molecule has 1 aromatic carbocycles. The number of aliphatic hydroxyl groups is 1. The van der Waals surface area contributed by atoms with Crippen molar-refractivity contribution in [3.8, 4) is 11.5 Å². The van der Waals surface area contributed by atoms with Crippen LogP contribution in [0.2, 0.25) is 0 Å². The second kappa shape index (κ2) is 6.07. The quantitative estimate of drug-likeness (QED) is 0.780. The van der Waals surface area contributed by atoms with Crippen LogP contribution < -0.4 is 24.8 Å². The molecule has 2 heterocycles. The predicted octanol–water partition coefficient (Wildman–Crippen LogP) is -0.296. The van der Waals surface area contributed by atoms with Crippen LogP contribution in [0.15, 0.2) is 46.9 Å². The minimum absolute atomic E-state index is 0.138. The van der Waals surface area contributed by atoms with Gasteiger partial charge in [0.15, 0.2) is 28.7 Å². The Balaban J connectivity index is 2.03. The molecule has 0 bridgehead atoms. The van der Waals surface area contributed by atoms with Gasteiger partial charge in [0, 0.05) is 17.2 Å². The third kappa shape index (κ3) is 2.26. The topological polar surface area (TPSA) is 69.4 Å². The average Bonchev–Trinajstić information content (AvgIpc) is 2.66. The van der Waals surface area contributed by atoms with Crippen LogP contribution in [0.3, 0.4) is 0 Å². The zero-order chi connectivity index (χ0) is 18.4. The fourth-order valence-electron chi connectivity index (χ4n) is 3.80. The fourth-order valence-corrected chi connectivity index (χ4v) is 3.80. The van der Waals surface area contributed by atoms with Gasteiger partial charge in [-0.3, -0.25) is 9.69 Å². The molecule has 4 rings (SSSR count). The zero-order valence-electron chi connectivity index (χ0n) is 14.9. The monoisotopic (exact) mass is 354 g/mol. The average molecular weight is 354 g/mol. The van der Waals surface area contributed by atoms with Crippen molar-refractivity contribution in [2.45, 2.75) is 6.42 Å². The normalized spacial score (nSPS) is 21.0. The third-order valence-electron chi connectivity index (χ3n) is 5.04. The van der Waals surface area contributed by atoms with E-state index in [-0.39, 0.29) is 17.3 Å². The molecule has 0 amide bonds. The fraction of sp³-hybridized carbons (Fsp3) is 0.250. The number of fused-ring (bicyclic) bond motifs is 3. The molecule has 1 atom stereocenters. The Kier molecular flexibility index (Phi) is 3.85. The number of carbonyl (C=O) groups is 1.